The predicted molar refractivity (Wildman–Crippen MR) is 135 cm³/mol. The average Bonchev–Trinajstić information content (AvgIpc) is 2.90. The fourth-order valence-electron chi connectivity index (χ4n) is 3.68. The van der Waals surface area contributed by atoms with E-state index in [4.69, 9.17) is 14.2 Å². The summed E-state index contributed by atoms with van der Waals surface area (Å²) in [6, 6.07) is 21.1. The zero-order valence-electron chi connectivity index (χ0n) is 19.8. The number of rotatable bonds is 10. The van der Waals surface area contributed by atoms with E-state index < -0.39 is 17.5 Å². The Kier molecular flexibility index (Phi) is 7.95. The molecule has 0 aliphatic carbocycles. The zero-order valence-corrected chi connectivity index (χ0v) is 19.8. The summed E-state index contributed by atoms with van der Waals surface area (Å²) >= 11 is 0. The van der Waals surface area contributed by atoms with Crippen molar-refractivity contribution in [1.82, 2.24) is 0 Å². The van der Waals surface area contributed by atoms with Crippen LogP contribution in [-0.4, -0.2) is 13.2 Å². The highest BCUT2D eigenvalue weighted by molar-refractivity contribution is 5.72. The van der Waals surface area contributed by atoms with Crippen LogP contribution < -0.4 is 14.2 Å². The third-order valence-electron chi connectivity index (χ3n) is 5.49. The number of benzene rings is 4. The van der Waals surface area contributed by atoms with E-state index in [9.17, 15) is 13.2 Å². The van der Waals surface area contributed by atoms with Crippen LogP contribution in [-0.2, 0) is 6.61 Å². The van der Waals surface area contributed by atoms with E-state index in [2.05, 4.69) is 6.58 Å². The van der Waals surface area contributed by atoms with Gasteiger partial charge in [-0.25, -0.2) is 13.2 Å². The predicted octanol–water partition coefficient (Wildman–Crippen LogP) is 7.98. The van der Waals surface area contributed by atoms with Gasteiger partial charge in [0.2, 0.25) is 0 Å². The highest BCUT2D eigenvalue weighted by Crippen LogP contribution is 2.32. The first kappa shape index (κ1) is 24.9. The Morgan fingerprint density at radius 1 is 0.694 bits per heavy atom. The van der Waals surface area contributed by atoms with Crippen molar-refractivity contribution in [2.45, 2.75) is 13.5 Å². The first-order valence-corrected chi connectivity index (χ1v) is 11.5. The highest BCUT2D eigenvalue weighted by Gasteiger charge is 2.16. The summed E-state index contributed by atoms with van der Waals surface area (Å²) in [5.41, 5.74) is 2.14. The maximum Gasteiger partial charge on any atom is 0.168 e. The minimum Gasteiger partial charge on any atom is -0.494 e. The second kappa shape index (κ2) is 11.5. The van der Waals surface area contributed by atoms with E-state index in [1.54, 1.807) is 72.8 Å². The van der Waals surface area contributed by atoms with Gasteiger partial charge in [0.25, 0.3) is 0 Å². The molecule has 0 saturated heterocycles. The van der Waals surface area contributed by atoms with Crippen LogP contribution in [0.5, 0.6) is 17.2 Å². The lowest BCUT2D eigenvalue weighted by Crippen LogP contribution is -1.99. The minimum atomic E-state index is -0.925. The summed E-state index contributed by atoms with van der Waals surface area (Å²) in [6.45, 7) is 6.34. The van der Waals surface area contributed by atoms with Crippen LogP contribution in [0.4, 0.5) is 13.2 Å². The quantitative estimate of drug-likeness (QED) is 0.211. The molecule has 4 aromatic carbocycles. The molecule has 0 bridgehead atoms. The Bertz CT molecular complexity index is 1330. The molecule has 6 heteroatoms. The summed E-state index contributed by atoms with van der Waals surface area (Å²) in [4.78, 5) is 0. The van der Waals surface area contributed by atoms with Gasteiger partial charge in [0, 0.05) is 17.2 Å². The van der Waals surface area contributed by atoms with Crippen LogP contribution >= 0.6 is 0 Å². The van der Waals surface area contributed by atoms with Gasteiger partial charge in [0.05, 0.1) is 6.61 Å². The molecule has 4 aromatic rings. The maximum absolute atomic E-state index is 15.0. The molecule has 4 rings (SSSR count). The van der Waals surface area contributed by atoms with E-state index in [-0.39, 0.29) is 30.1 Å². The van der Waals surface area contributed by atoms with Crippen LogP contribution in [0, 0.1) is 17.5 Å². The molecule has 3 nitrogen and oxygen atoms in total. The maximum atomic E-state index is 15.0. The Morgan fingerprint density at radius 3 is 1.83 bits per heavy atom. The Balaban J connectivity index is 1.45. The molecule has 0 aliphatic heterocycles. The first-order valence-electron chi connectivity index (χ1n) is 11.5. The fourth-order valence-corrected chi connectivity index (χ4v) is 3.68. The average molecular weight is 491 g/mol. The second-order valence-corrected chi connectivity index (χ2v) is 7.92. The van der Waals surface area contributed by atoms with Gasteiger partial charge in [-0.15, -0.1) is 0 Å². The molecule has 0 saturated carbocycles. The van der Waals surface area contributed by atoms with Crippen molar-refractivity contribution in [2.24, 2.45) is 0 Å². The summed E-state index contributed by atoms with van der Waals surface area (Å²) in [5, 5.41) is 0. The molecule has 0 spiro atoms. The van der Waals surface area contributed by atoms with E-state index in [1.165, 1.54) is 12.1 Å². The van der Waals surface area contributed by atoms with E-state index >= 15 is 0 Å². The number of hydrogen-bond acceptors (Lipinski definition) is 3. The SMILES string of the molecule is C=CCOc1ccc(OCc2ccc(-c3ccc(-c4ccc(OCC)cc4)c(F)c3F)cc2)c(F)c1. The summed E-state index contributed by atoms with van der Waals surface area (Å²) in [6.07, 6.45) is 1.57. The monoisotopic (exact) mass is 490 g/mol. The molecule has 0 radical (unpaired) electrons. The third kappa shape index (κ3) is 5.71. The van der Waals surface area contributed by atoms with Crippen LogP contribution in [0.1, 0.15) is 12.5 Å². The van der Waals surface area contributed by atoms with Gasteiger partial charge >= 0.3 is 0 Å². The number of halogens is 3. The van der Waals surface area contributed by atoms with Crippen molar-refractivity contribution >= 4 is 0 Å². The van der Waals surface area contributed by atoms with Crippen LogP contribution in [0.25, 0.3) is 22.3 Å². The third-order valence-corrected chi connectivity index (χ3v) is 5.49. The molecule has 0 atom stereocenters. The number of hydrogen-bond donors (Lipinski definition) is 0. The Morgan fingerprint density at radius 2 is 1.28 bits per heavy atom. The normalized spacial score (nSPS) is 10.7. The lowest BCUT2D eigenvalue weighted by molar-refractivity contribution is 0.288. The second-order valence-electron chi connectivity index (χ2n) is 7.92. The van der Waals surface area contributed by atoms with Crippen molar-refractivity contribution in [2.75, 3.05) is 13.2 Å². The molecule has 36 heavy (non-hydrogen) atoms. The van der Waals surface area contributed by atoms with E-state index in [1.807, 2.05) is 6.92 Å². The van der Waals surface area contributed by atoms with Crippen LogP contribution in [0.3, 0.4) is 0 Å². The molecular weight excluding hydrogens is 465 g/mol. The lowest BCUT2D eigenvalue weighted by atomic mass is 9.98. The van der Waals surface area contributed by atoms with Crippen molar-refractivity contribution in [3.63, 3.8) is 0 Å². The van der Waals surface area contributed by atoms with Gasteiger partial charge in [-0.1, -0.05) is 61.2 Å². The molecule has 0 aromatic heterocycles. The van der Waals surface area contributed by atoms with Gasteiger partial charge in [-0.05, 0) is 47.9 Å². The van der Waals surface area contributed by atoms with Crippen molar-refractivity contribution in [3.8, 4) is 39.5 Å². The van der Waals surface area contributed by atoms with Gasteiger partial charge in [0.15, 0.2) is 23.2 Å². The van der Waals surface area contributed by atoms with Gasteiger partial charge in [-0.2, -0.15) is 0 Å². The highest BCUT2D eigenvalue weighted by atomic mass is 19.2. The lowest BCUT2D eigenvalue weighted by Gasteiger charge is -2.11. The summed E-state index contributed by atoms with van der Waals surface area (Å²) < 4.78 is 60.4. The molecule has 0 heterocycles. The smallest absolute Gasteiger partial charge is 0.168 e. The van der Waals surface area contributed by atoms with Gasteiger partial charge in [0.1, 0.15) is 24.7 Å². The van der Waals surface area contributed by atoms with Gasteiger partial charge in [-0.3, -0.25) is 0 Å². The van der Waals surface area contributed by atoms with Crippen LogP contribution in [0.2, 0.25) is 0 Å². The molecule has 0 amide bonds. The van der Waals surface area contributed by atoms with E-state index in [0.29, 0.717) is 29.2 Å². The number of ether oxygens (including phenoxy) is 3. The summed E-state index contributed by atoms with van der Waals surface area (Å²) in [7, 11) is 0. The van der Waals surface area contributed by atoms with Crippen LogP contribution in [0.15, 0.2) is 91.5 Å². The molecule has 0 fully saturated rings. The largest absolute Gasteiger partial charge is 0.494 e. The van der Waals surface area contributed by atoms with Crippen molar-refractivity contribution < 1.29 is 27.4 Å². The van der Waals surface area contributed by atoms with Crippen molar-refractivity contribution in [3.05, 3.63) is 115 Å². The zero-order chi connectivity index (χ0) is 25.5. The molecular formula is C30H25F3O3. The molecule has 184 valence electrons. The Labute approximate surface area is 208 Å². The molecule has 0 aliphatic rings. The first-order chi connectivity index (χ1) is 17.5. The van der Waals surface area contributed by atoms with Crippen molar-refractivity contribution in [1.29, 1.82) is 0 Å². The topological polar surface area (TPSA) is 27.7 Å². The summed E-state index contributed by atoms with van der Waals surface area (Å²) in [5.74, 6) is -1.25. The fraction of sp³-hybridized carbons (Fsp3) is 0.133. The molecule has 0 unspecified atom stereocenters. The van der Waals surface area contributed by atoms with E-state index in [0.717, 1.165) is 5.56 Å². The van der Waals surface area contributed by atoms with Gasteiger partial charge < -0.3 is 14.2 Å². The molecule has 0 N–H and O–H groups in total. The minimum absolute atomic E-state index is 0.0861. The standard InChI is InChI=1S/C30H25F3O3/c1-3-17-35-24-13-16-28(27(31)18-24)36-19-20-5-7-21(8-6-20)25-14-15-26(30(33)29(25)32)22-9-11-23(12-10-22)34-4-2/h3,5-16,18H,1,4,17,19H2,2H3. The Hall–Kier alpha value is -4.19.